The van der Waals surface area contributed by atoms with Crippen LogP contribution in [0.5, 0.6) is 5.75 Å². The molecule has 5 nitrogen and oxygen atoms in total. The molecule has 152 valence electrons. The lowest BCUT2D eigenvalue weighted by Crippen LogP contribution is -2.46. The predicted molar refractivity (Wildman–Crippen MR) is 110 cm³/mol. The van der Waals surface area contributed by atoms with Crippen LogP contribution in [-0.4, -0.2) is 47.6 Å². The van der Waals surface area contributed by atoms with Crippen molar-refractivity contribution >= 4 is 11.5 Å². The second-order valence-corrected chi connectivity index (χ2v) is 7.52. The van der Waals surface area contributed by atoms with Gasteiger partial charge in [-0.25, -0.2) is 4.39 Å². The van der Waals surface area contributed by atoms with Gasteiger partial charge in [-0.3, -0.25) is 9.78 Å². The Morgan fingerprint density at radius 2 is 1.97 bits per heavy atom. The molecule has 2 aromatic rings. The number of piperidine rings is 1. The number of rotatable bonds is 4. The van der Waals surface area contributed by atoms with Crippen molar-refractivity contribution in [3.8, 4) is 5.75 Å². The molecule has 2 aliphatic rings. The minimum atomic E-state index is -0.402. The summed E-state index contributed by atoms with van der Waals surface area (Å²) in [4.78, 5) is 18.7. The normalized spacial score (nSPS) is 17.3. The highest BCUT2D eigenvalue weighted by atomic mass is 19.1. The maximum Gasteiger partial charge on any atom is 0.272 e. The minimum Gasteiger partial charge on any atom is -0.482 e. The Hall–Kier alpha value is -2.73. The van der Waals surface area contributed by atoms with Crippen LogP contribution in [0.1, 0.15) is 48.3 Å². The Morgan fingerprint density at radius 1 is 1.21 bits per heavy atom. The first-order valence-corrected chi connectivity index (χ1v) is 10.2. The first kappa shape index (κ1) is 19.6. The summed E-state index contributed by atoms with van der Waals surface area (Å²) in [5.41, 5.74) is 2.50. The van der Waals surface area contributed by atoms with E-state index in [-0.39, 0.29) is 11.7 Å². The number of nitrogens with zero attached hydrogens (tertiary/aromatic N) is 2. The molecule has 29 heavy (non-hydrogen) atoms. The summed E-state index contributed by atoms with van der Waals surface area (Å²) in [5, 5.41) is 3.36. The number of carbonyl (C=O) groups excluding carboxylic acids is 1. The number of benzene rings is 1. The fourth-order valence-electron chi connectivity index (χ4n) is 4.08. The fraction of sp³-hybridized carbons (Fsp3) is 0.391. The second kappa shape index (κ2) is 7.95. The number of hydrogen-bond donors (Lipinski definition) is 1. The lowest BCUT2D eigenvalue weighted by molar-refractivity contribution is 0.0766. The average Bonchev–Trinajstić information content (AvgIpc) is 2.75. The van der Waals surface area contributed by atoms with Gasteiger partial charge in [-0.05, 0) is 62.9 Å². The molecule has 6 heteroatoms. The molecular weight excluding hydrogens is 369 g/mol. The lowest BCUT2D eigenvalue weighted by Gasteiger charge is -2.40. The average molecular weight is 395 g/mol. The SMILES string of the molecule is CCN(CC)C(=O)c1ccc(C2=CC3(CCNCC3)Oc3ccc(F)cc32)cn1. The van der Waals surface area contributed by atoms with Crippen LogP contribution >= 0.6 is 0 Å². The van der Waals surface area contributed by atoms with Crippen molar-refractivity contribution in [2.45, 2.75) is 32.3 Å². The molecule has 3 heterocycles. The molecule has 1 spiro atoms. The quantitative estimate of drug-likeness (QED) is 0.859. The highest BCUT2D eigenvalue weighted by molar-refractivity contribution is 5.93. The molecule has 1 N–H and O–H groups in total. The van der Waals surface area contributed by atoms with Gasteiger partial charge >= 0.3 is 0 Å². The number of hydrogen-bond acceptors (Lipinski definition) is 4. The zero-order valence-electron chi connectivity index (χ0n) is 16.9. The highest BCUT2D eigenvalue weighted by Crippen LogP contribution is 2.42. The van der Waals surface area contributed by atoms with E-state index in [2.05, 4.69) is 16.4 Å². The Kier molecular flexibility index (Phi) is 5.37. The molecular formula is C23H26FN3O2. The van der Waals surface area contributed by atoms with Crippen LogP contribution in [0.15, 0.2) is 42.6 Å². The second-order valence-electron chi connectivity index (χ2n) is 7.52. The van der Waals surface area contributed by atoms with Gasteiger partial charge < -0.3 is 15.0 Å². The summed E-state index contributed by atoms with van der Waals surface area (Å²) >= 11 is 0. The third-order valence-corrected chi connectivity index (χ3v) is 5.75. The topological polar surface area (TPSA) is 54.5 Å². The number of aromatic nitrogens is 1. The summed E-state index contributed by atoms with van der Waals surface area (Å²) < 4.78 is 20.3. The molecule has 0 radical (unpaired) electrons. The van der Waals surface area contributed by atoms with Gasteiger partial charge in [-0.15, -0.1) is 0 Å². The number of carbonyl (C=O) groups is 1. The number of nitrogens with one attached hydrogen (secondary N) is 1. The Labute approximate surface area is 170 Å². The standard InChI is InChI=1S/C23H26FN3O2/c1-3-27(4-2)22(28)20-7-5-16(15-26-20)19-14-23(9-11-25-12-10-23)29-21-8-6-17(24)13-18(19)21/h5-8,13-15,25H,3-4,9-12H2,1-2H3. The largest absolute Gasteiger partial charge is 0.482 e. The van der Waals surface area contributed by atoms with Crippen LogP contribution in [0.4, 0.5) is 4.39 Å². The van der Waals surface area contributed by atoms with Gasteiger partial charge in [0.1, 0.15) is 22.9 Å². The number of fused-ring (bicyclic) bond motifs is 1. The fourth-order valence-corrected chi connectivity index (χ4v) is 4.08. The van der Waals surface area contributed by atoms with Crippen molar-refractivity contribution in [2.24, 2.45) is 0 Å². The van der Waals surface area contributed by atoms with Gasteiger partial charge in [0.15, 0.2) is 0 Å². The van der Waals surface area contributed by atoms with Crippen molar-refractivity contribution in [2.75, 3.05) is 26.2 Å². The van der Waals surface area contributed by atoms with Gasteiger partial charge in [0.25, 0.3) is 5.91 Å². The van der Waals surface area contributed by atoms with Gasteiger partial charge in [-0.2, -0.15) is 0 Å². The van der Waals surface area contributed by atoms with E-state index in [4.69, 9.17) is 4.74 Å². The number of amides is 1. The Morgan fingerprint density at radius 3 is 2.62 bits per heavy atom. The first-order valence-electron chi connectivity index (χ1n) is 10.2. The molecule has 0 atom stereocenters. The predicted octanol–water partition coefficient (Wildman–Crippen LogP) is 3.65. The number of ether oxygens (including phenoxy) is 1. The van der Waals surface area contributed by atoms with Crippen molar-refractivity contribution in [1.29, 1.82) is 0 Å². The molecule has 0 bridgehead atoms. The van der Waals surface area contributed by atoms with Crippen molar-refractivity contribution in [1.82, 2.24) is 15.2 Å². The van der Waals surface area contributed by atoms with Crippen LogP contribution in [0.3, 0.4) is 0 Å². The monoisotopic (exact) mass is 395 g/mol. The Bertz CT molecular complexity index is 930. The molecule has 0 unspecified atom stereocenters. The summed E-state index contributed by atoms with van der Waals surface area (Å²) in [7, 11) is 0. The third-order valence-electron chi connectivity index (χ3n) is 5.75. The third kappa shape index (κ3) is 3.77. The van der Waals surface area contributed by atoms with Gasteiger partial charge in [0, 0.05) is 43.3 Å². The molecule has 2 aliphatic heterocycles. The zero-order chi connectivity index (χ0) is 20.4. The van der Waals surface area contributed by atoms with Crippen molar-refractivity contribution < 1.29 is 13.9 Å². The molecule has 1 amide bonds. The van der Waals surface area contributed by atoms with E-state index < -0.39 is 5.60 Å². The molecule has 0 aliphatic carbocycles. The summed E-state index contributed by atoms with van der Waals surface area (Å²) in [6, 6.07) is 8.28. The van der Waals surface area contributed by atoms with Gasteiger partial charge in [0.05, 0.1) is 0 Å². The number of halogens is 1. The van der Waals surface area contributed by atoms with Crippen molar-refractivity contribution in [3.05, 3.63) is 65.2 Å². The summed E-state index contributed by atoms with van der Waals surface area (Å²) in [5.74, 6) is 0.304. The van der Waals surface area contributed by atoms with Crippen LogP contribution in [-0.2, 0) is 0 Å². The molecule has 4 rings (SSSR count). The maximum atomic E-state index is 14.0. The van der Waals surface area contributed by atoms with E-state index in [0.717, 1.165) is 42.6 Å². The molecule has 1 aromatic heterocycles. The van der Waals surface area contributed by atoms with Crippen LogP contribution < -0.4 is 10.1 Å². The zero-order valence-corrected chi connectivity index (χ0v) is 16.9. The molecule has 1 fully saturated rings. The number of pyridine rings is 1. The van der Waals surface area contributed by atoms with E-state index in [9.17, 15) is 9.18 Å². The first-order chi connectivity index (χ1) is 14.0. The van der Waals surface area contributed by atoms with E-state index in [1.54, 1.807) is 23.2 Å². The summed E-state index contributed by atoms with van der Waals surface area (Å²) in [6.45, 7) is 6.93. The maximum absolute atomic E-state index is 14.0. The highest BCUT2D eigenvalue weighted by Gasteiger charge is 2.37. The van der Waals surface area contributed by atoms with E-state index in [1.165, 1.54) is 12.1 Å². The van der Waals surface area contributed by atoms with E-state index >= 15 is 0 Å². The van der Waals surface area contributed by atoms with Gasteiger partial charge in [-0.1, -0.05) is 6.07 Å². The smallest absolute Gasteiger partial charge is 0.272 e. The van der Waals surface area contributed by atoms with Crippen LogP contribution in [0, 0.1) is 5.82 Å². The van der Waals surface area contributed by atoms with Crippen LogP contribution in [0.25, 0.3) is 5.57 Å². The van der Waals surface area contributed by atoms with Gasteiger partial charge in [0.2, 0.25) is 0 Å². The summed E-state index contributed by atoms with van der Waals surface area (Å²) in [6.07, 6.45) is 5.51. The van der Waals surface area contributed by atoms with Crippen molar-refractivity contribution in [3.63, 3.8) is 0 Å². The molecule has 1 saturated heterocycles. The lowest BCUT2D eigenvalue weighted by atomic mass is 9.83. The molecule has 1 aromatic carbocycles. The Balaban J connectivity index is 1.73. The van der Waals surface area contributed by atoms with E-state index in [1.807, 2.05) is 19.9 Å². The van der Waals surface area contributed by atoms with Crippen LogP contribution in [0.2, 0.25) is 0 Å². The minimum absolute atomic E-state index is 0.0798. The molecule has 0 saturated carbocycles. The van der Waals surface area contributed by atoms with E-state index in [0.29, 0.717) is 24.5 Å².